The van der Waals surface area contributed by atoms with Crippen LogP contribution in [0.3, 0.4) is 0 Å². The van der Waals surface area contributed by atoms with Gasteiger partial charge in [-0.3, -0.25) is 4.79 Å². The van der Waals surface area contributed by atoms with Gasteiger partial charge in [0.1, 0.15) is 0 Å². The van der Waals surface area contributed by atoms with Gasteiger partial charge in [-0.2, -0.15) is 5.26 Å². The number of anilines is 1. The lowest BCUT2D eigenvalue weighted by Crippen LogP contribution is -2.03. The maximum atomic E-state index is 12.1. The molecular weight excluding hydrogens is 312 g/mol. The Morgan fingerprint density at radius 3 is 2.44 bits per heavy atom. The van der Waals surface area contributed by atoms with E-state index in [1.54, 1.807) is 36.7 Å². The highest BCUT2D eigenvalue weighted by Crippen LogP contribution is 2.09. The molecule has 1 heterocycles. The number of carbonyl (C=O) groups excluding carboxylic acids is 1. The Hall–Kier alpha value is -3.83. The molecule has 0 spiro atoms. The van der Waals surface area contributed by atoms with Crippen molar-refractivity contribution in [2.24, 2.45) is 0 Å². The fourth-order valence-electron chi connectivity index (χ4n) is 2.19. The van der Waals surface area contributed by atoms with Crippen molar-refractivity contribution in [1.29, 1.82) is 5.26 Å². The molecule has 5 heteroatoms. The number of nitriles is 1. The molecule has 120 valence electrons. The normalized spacial score (nSPS) is 9.56. The molecule has 0 saturated heterocycles. The van der Waals surface area contributed by atoms with E-state index in [1.165, 1.54) is 0 Å². The van der Waals surface area contributed by atoms with E-state index in [-0.39, 0.29) is 5.78 Å². The molecule has 3 aromatic rings. The van der Waals surface area contributed by atoms with Gasteiger partial charge in [0.25, 0.3) is 0 Å². The van der Waals surface area contributed by atoms with E-state index < -0.39 is 0 Å². The maximum absolute atomic E-state index is 12.1. The van der Waals surface area contributed by atoms with Crippen LogP contribution in [0, 0.1) is 23.2 Å². The number of hydrogen-bond donors (Lipinski definition) is 2. The third-order valence-corrected chi connectivity index (χ3v) is 3.49. The van der Waals surface area contributed by atoms with Crippen molar-refractivity contribution in [3.8, 4) is 17.9 Å². The summed E-state index contributed by atoms with van der Waals surface area (Å²) in [6.07, 6.45) is 3.17. The first-order valence-corrected chi connectivity index (χ1v) is 7.63. The number of imidazole rings is 1. The minimum atomic E-state index is -0.146. The van der Waals surface area contributed by atoms with Crippen molar-refractivity contribution in [3.05, 3.63) is 83.4 Å². The van der Waals surface area contributed by atoms with Gasteiger partial charge in [0, 0.05) is 29.2 Å². The molecule has 0 saturated carbocycles. The number of H-pyrrole nitrogens is 1. The lowest BCUT2D eigenvalue weighted by atomic mass is 10.1. The third-order valence-electron chi connectivity index (χ3n) is 3.49. The first-order valence-electron chi connectivity index (χ1n) is 7.63. The number of benzene rings is 2. The molecule has 2 N–H and O–H groups in total. The van der Waals surface area contributed by atoms with E-state index in [2.05, 4.69) is 33.2 Å². The molecule has 5 nitrogen and oxygen atoms in total. The SMILES string of the molecule is N#Cc1ccc(NCC#Cc2ccc(C(=O)c3ncc[nH]3)cc2)cc1. The van der Waals surface area contributed by atoms with Gasteiger partial charge in [0.05, 0.1) is 18.2 Å². The Balaban J connectivity index is 1.57. The molecule has 0 aliphatic carbocycles. The topological polar surface area (TPSA) is 81.6 Å². The van der Waals surface area contributed by atoms with Crippen LogP contribution in [-0.2, 0) is 0 Å². The molecule has 1 aromatic heterocycles. The minimum absolute atomic E-state index is 0.146. The van der Waals surface area contributed by atoms with Gasteiger partial charge in [-0.1, -0.05) is 11.8 Å². The summed E-state index contributed by atoms with van der Waals surface area (Å²) in [7, 11) is 0. The standard InChI is InChI=1S/C20H14N4O/c21-14-16-5-9-18(10-6-16)22-11-1-2-15-3-7-17(8-4-15)19(25)20-23-12-13-24-20/h3-10,12-13,22H,11H2,(H,23,24). The van der Waals surface area contributed by atoms with Gasteiger partial charge in [-0.15, -0.1) is 0 Å². The summed E-state index contributed by atoms with van der Waals surface area (Å²) in [5, 5.41) is 11.9. The molecule has 0 atom stereocenters. The summed E-state index contributed by atoms with van der Waals surface area (Å²) in [6.45, 7) is 0.485. The van der Waals surface area contributed by atoms with E-state index in [4.69, 9.17) is 5.26 Å². The van der Waals surface area contributed by atoms with Crippen LogP contribution in [-0.4, -0.2) is 22.3 Å². The summed E-state index contributed by atoms with van der Waals surface area (Å²) in [4.78, 5) is 18.9. The van der Waals surface area contributed by atoms with Crippen molar-refractivity contribution in [2.45, 2.75) is 0 Å². The molecule has 0 bridgehead atoms. The van der Waals surface area contributed by atoms with Crippen LogP contribution in [0.5, 0.6) is 0 Å². The Kier molecular flexibility index (Phi) is 4.90. The second-order valence-electron chi connectivity index (χ2n) is 5.19. The molecule has 3 rings (SSSR count). The number of nitrogens with one attached hydrogen (secondary N) is 2. The number of aromatic nitrogens is 2. The first-order chi connectivity index (χ1) is 12.3. The van der Waals surface area contributed by atoms with E-state index in [1.807, 2.05) is 24.3 Å². The number of ketones is 1. The predicted octanol–water partition coefficient (Wildman–Crippen LogP) is 2.98. The number of hydrogen-bond acceptors (Lipinski definition) is 4. The van der Waals surface area contributed by atoms with Gasteiger partial charge in [-0.25, -0.2) is 4.98 Å². The first kappa shape index (κ1) is 16.0. The molecule has 0 amide bonds. The Morgan fingerprint density at radius 2 is 1.80 bits per heavy atom. The van der Waals surface area contributed by atoms with Gasteiger partial charge in [-0.05, 0) is 48.5 Å². The number of carbonyl (C=O) groups is 1. The summed E-state index contributed by atoms with van der Waals surface area (Å²) in [5.74, 6) is 6.24. The van der Waals surface area contributed by atoms with E-state index >= 15 is 0 Å². The highest BCUT2D eigenvalue weighted by Gasteiger charge is 2.10. The Labute approximate surface area is 145 Å². The predicted molar refractivity (Wildman–Crippen MR) is 95.0 cm³/mol. The summed E-state index contributed by atoms with van der Waals surface area (Å²) in [6, 6.07) is 16.4. The minimum Gasteiger partial charge on any atom is -0.374 e. The lowest BCUT2D eigenvalue weighted by Gasteiger charge is -2.01. The van der Waals surface area contributed by atoms with Gasteiger partial charge < -0.3 is 10.3 Å². The average molecular weight is 326 g/mol. The van der Waals surface area contributed by atoms with E-state index in [0.717, 1.165) is 11.3 Å². The smallest absolute Gasteiger partial charge is 0.228 e. The highest BCUT2D eigenvalue weighted by atomic mass is 16.1. The average Bonchev–Trinajstić information content (AvgIpc) is 3.20. The zero-order valence-corrected chi connectivity index (χ0v) is 13.3. The van der Waals surface area contributed by atoms with Gasteiger partial charge in [0.15, 0.2) is 5.82 Å². The molecule has 2 aromatic carbocycles. The highest BCUT2D eigenvalue weighted by molar-refractivity contribution is 6.06. The second-order valence-corrected chi connectivity index (χ2v) is 5.19. The van der Waals surface area contributed by atoms with Crippen molar-refractivity contribution in [1.82, 2.24) is 9.97 Å². The van der Waals surface area contributed by atoms with Crippen molar-refractivity contribution in [2.75, 3.05) is 11.9 Å². The second kappa shape index (κ2) is 7.63. The molecule has 0 aliphatic heterocycles. The largest absolute Gasteiger partial charge is 0.374 e. The Bertz CT molecular complexity index is 954. The van der Waals surface area contributed by atoms with Crippen LogP contribution < -0.4 is 5.32 Å². The molecule has 0 radical (unpaired) electrons. The van der Waals surface area contributed by atoms with E-state index in [9.17, 15) is 4.79 Å². The van der Waals surface area contributed by atoms with Crippen LogP contribution in [0.25, 0.3) is 0 Å². The number of rotatable bonds is 4. The van der Waals surface area contributed by atoms with Gasteiger partial charge >= 0.3 is 0 Å². The van der Waals surface area contributed by atoms with Crippen molar-refractivity contribution in [3.63, 3.8) is 0 Å². The van der Waals surface area contributed by atoms with Gasteiger partial charge in [0.2, 0.25) is 5.78 Å². The van der Waals surface area contributed by atoms with Crippen LogP contribution in [0.1, 0.15) is 27.3 Å². The van der Waals surface area contributed by atoms with Crippen LogP contribution in [0.4, 0.5) is 5.69 Å². The molecule has 0 unspecified atom stereocenters. The summed E-state index contributed by atoms with van der Waals surface area (Å²) >= 11 is 0. The quantitative estimate of drug-likeness (QED) is 0.570. The zero-order chi connectivity index (χ0) is 17.5. The lowest BCUT2D eigenvalue weighted by molar-refractivity contribution is 0.103. The zero-order valence-electron chi connectivity index (χ0n) is 13.3. The van der Waals surface area contributed by atoms with Crippen molar-refractivity contribution < 1.29 is 4.79 Å². The third kappa shape index (κ3) is 4.13. The summed E-state index contributed by atoms with van der Waals surface area (Å²) in [5.41, 5.74) is 2.93. The maximum Gasteiger partial charge on any atom is 0.228 e. The Morgan fingerprint density at radius 1 is 1.08 bits per heavy atom. The molecule has 0 aliphatic rings. The van der Waals surface area contributed by atoms with E-state index in [0.29, 0.717) is 23.5 Å². The van der Waals surface area contributed by atoms with Crippen LogP contribution >= 0.6 is 0 Å². The molecule has 0 fully saturated rings. The summed E-state index contributed by atoms with van der Waals surface area (Å²) < 4.78 is 0. The number of nitrogens with zero attached hydrogens (tertiary/aromatic N) is 2. The number of aromatic amines is 1. The molecular formula is C20H14N4O. The fraction of sp³-hybridized carbons (Fsp3) is 0.0500. The fourth-order valence-corrected chi connectivity index (χ4v) is 2.19. The van der Waals surface area contributed by atoms with Crippen molar-refractivity contribution >= 4 is 11.5 Å². The monoisotopic (exact) mass is 326 g/mol. The van der Waals surface area contributed by atoms with Crippen LogP contribution in [0.15, 0.2) is 60.9 Å². The van der Waals surface area contributed by atoms with Crippen LogP contribution in [0.2, 0.25) is 0 Å². The molecule has 25 heavy (non-hydrogen) atoms.